The highest BCUT2D eigenvalue weighted by atomic mass is 16.3. The number of carbonyl (C=O) groups excluding carboxylic acids is 2. The van der Waals surface area contributed by atoms with Crippen LogP contribution in [0.2, 0.25) is 0 Å². The Morgan fingerprint density at radius 1 is 1.13 bits per heavy atom. The Kier molecular flexibility index (Phi) is 5.94. The van der Waals surface area contributed by atoms with Gasteiger partial charge >= 0.3 is 0 Å². The van der Waals surface area contributed by atoms with Crippen molar-refractivity contribution in [1.29, 1.82) is 0 Å². The molecule has 2 aliphatic carbocycles. The van der Waals surface area contributed by atoms with Gasteiger partial charge in [-0.2, -0.15) is 5.10 Å². The molecule has 6 rings (SSSR count). The normalized spacial score (nSPS) is 19.9. The summed E-state index contributed by atoms with van der Waals surface area (Å²) in [5.74, 6) is -0.133. The standard InChI is InChI=1S/C31H36N4O3/c1-19(20-6-8-21(9-7-20)28(37)32-31(18-36)12-4-5-13-31)35-17-23-14-22(10-11-24(23)29(35)38)27-25-15-30(2,3)16-26(25)33-34-27/h6-11,14,19,36H,4-5,12-13,15-18H2,1-3H3,(H,32,37)(H,33,34)/t19-/m1/s1. The van der Waals surface area contributed by atoms with Crippen molar-refractivity contribution in [3.63, 3.8) is 0 Å². The minimum Gasteiger partial charge on any atom is -0.394 e. The van der Waals surface area contributed by atoms with Crippen LogP contribution in [0.4, 0.5) is 0 Å². The van der Waals surface area contributed by atoms with E-state index in [1.54, 1.807) is 0 Å². The minimum absolute atomic E-state index is 0.0281. The molecular formula is C31H36N4O3. The highest BCUT2D eigenvalue weighted by molar-refractivity contribution is 5.99. The predicted octanol–water partition coefficient (Wildman–Crippen LogP) is 4.95. The van der Waals surface area contributed by atoms with Gasteiger partial charge in [0.2, 0.25) is 0 Å². The molecule has 2 aromatic carbocycles. The fourth-order valence-electron chi connectivity index (χ4n) is 6.58. The van der Waals surface area contributed by atoms with E-state index in [2.05, 4.69) is 35.4 Å². The summed E-state index contributed by atoms with van der Waals surface area (Å²) in [5.41, 5.74) is 7.64. The molecule has 7 nitrogen and oxygen atoms in total. The number of aromatic amines is 1. The summed E-state index contributed by atoms with van der Waals surface area (Å²) in [6, 6.07) is 13.4. The summed E-state index contributed by atoms with van der Waals surface area (Å²) >= 11 is 0. The third-order valence-corrected chi connectivity index (χ3v) is 8.84. The third-order valence-electron chi connectivity index (χ3n) is 8.84. The lowest BCUT2D eigenvalue weighted by atomic mass is 9.90. The number of nitrogens with zero attached hydrogens (tertiary/aromatic N) is 2. The molecule has 3 N–H and O–H groups in total. The van der Waals surface area contributed by atoms with Gasteiger partial charge in [-0.25, -0.2) is 0 Å². The number of H-pyrrole nitrogens is 1. The van der Waals surface area contributed by atoms with Crippen LogP contribution < -0.4 is 5.32 Å². The van der Waals surface area contributed by atoms with Gasteiger partial charge in [0.15, 0.2) is 0 Å². The van der Waals surface area contributed by atoms with Crippen LogP contribution in [0.15, 0.2) is 42.5 Å². The van der Waals surface area contributed by atoms with Gasteiger partial charge in [0.1, 0.15) is 0 Å². The van der Waals surface area contributed by atoms with Crippen LogP contribution in [0.5, 0.6) is 0 Å². The van der Waals surface area contributed by atoms with Gasteiger partial charge < -0.3 is 15.3 Å². The summed E-state index contributed by atoms with van der Waals surface area (Å²) < 4.78 is 0. The van der Waals surface area contributed by atoms with Crippen LogP contribution in [0, 0.1) is 5.41 Å². The molecule has 1 atom stereocenters. The lowest BCUT2D eigenvalue weighted by Crippen LogP contribution is -2.49. The summed E-state index contributed by atoms with van der Waals surface area (Å²) in [7, 11) is 0. The second-order valence-corrected chi connectivity index (χ2v) is 12.2. The summed E-state index contributed by atoms with van der Waals surface area (Å²) in [6.45, 7) is 7.11. The van der Waals surface area contributed by atoms with Gasteiger partial charge in [-0.15, -0.1) is 0 Å². The number of rotatable bonds is 6. The first-order valence-corrected chi connectivity index (χ1v) is 13.7. The molecule has 3 aliphatic rings. The first-order valence-electron chi connectivity index (χ1n) is 13.7. The lowest BCUT2D eigenvalue weighted by molar-refractivity contribution is 0.0715. The Labute approximate surface area is 223 Å². The van der Waals surface area contributed by atoms with E-state index in [4.69, 9.17) is 0 Å². The van der Waals surface area contributed by atoms with Crippen LogP contribution in [0.1, 0.15) is 95.6 Å². The monoisotopic (exact) mass is 512 g/mol. The molecule has 0 unspecified atom stereocenters. The molecule has 1 aromatic heterocycles. The molecule has 1 aliphatic heterocycles. The second kappa shape index (κ2) is 9.09. The molecule has 7 heteroatoms. The molecule has 0 spiro atoms. The van der Waals surface area contributed by atoms with Crippen LogP contribution >= 0.6 is 0 Å². The number of amides is 2. The topological polar surface area (TPSA) is 98.3 Å². The molecule has 0 bridgehead atoms. The smallest absolute Gasteiger partial charge is 0.255 e. The molecule has 0 radical (unpaired) electrons. The third kappa shape index (κ3) is 4.23. The lowest BCUT2D eigenvalue weighted by Gasteiger charge is -2.28. The highest BCUT2D eigenvalue weighted by Gasteiger charge is 2.36. The molecule has 1 fully saturated rings. The molecule has 0 saturated heterocycles. The molecule has 38 heavy (non-hydrogen) atoms. The van der Waals surface area contributed by atoms with Crippen molar-refractivity contribution in [3.8, 4) is 11.3 Å². The van der Waals surface area contributed by atoms with Crippen molar-refractivity contribution in [2.45, 2.75) is 77.4 Å². The quantitative estimate of drug-likeness (QED) is 0.435. The van der Waals surface area contributed by atoms with Crippen molar-refractivity contribution in [3.05, 3.63) is 76.0 Å². The van der Waals surface area contributed by atoms with Gasteiger partial charge in [0.25, 0.3) is 11.8 Å². The summed E-state index contributed by atoms with van der Waals surface area (Å²) in [6.07, 6.45) is 5.67. The van der Waals surface area contributed by atoms with Crippen molar-refractivity contribution < 1.29 is 14.7 Å². The molecular weight excluding hydrogens is 476 g/mol. The Balaban J connectivity index is 1.17. The van der Waals surface area contributed by atoms with Crippen molar-refractivity contribution in [1.82, 2.24) is 20.4 Å². The van der Waals surface area contributed by atoms with E-state index in [9.17, 15) is 14.7 Å². The zero-order valence-corrected chi connectivity index (χ0v) is 22.4. The van der Waals surface area contributed by atoms with E-state index in [1.807, 2.05) is 48.2 Å². The fourth-order valence-corrected chi connectivity index (χ4v) is 6.58. The van der Waals surface area contributed by atoms with E-state index in [-0.39, 0.29) is 29.9 Å². The van der Waals surface area contributed by atoms with E-state index in [1.165, 1.54) is 11.3 Å². The van der Waals surface area contributed by atoms with Gasteiger partial charge in [0, 0.05) is 34.5 Å². The van der Waals surface area contributed by atoms with Crippen LogP contribution in [0.3, 0.4) is 0 Å². The van der Waals surface area contributed by atoms with Crippen molar-refractivity contribution in [2.24, 2.45) is 5.41 Å². The zero-order chi connectivity index (χ0) is 26.7. The Bertz CT molecular complexity index is 1400. The predicted molar refractivity (Wildman–Crippen MR) is 146 cm³/mol. The first kappa shape index (κ1) is 24.9. The van der Waals surface area contributed by atoms with E-state index in [0.29, 0.717) is 12.1 Å². The Hall–Kier alpha value is -3.45. The van der Waals surface area contributed by atoms with Crippen LogP contribution in [-0.2, 0) is 19.4 Å². The largest absolute Gasteiger partial charge is 0.394 e. The molecule has 1 saturated carbocycles. The Morgan fingerprint density at radius 3 is 2.58 bits per heavy atom. The molecule has 2 heterocycles. The first-order chi connectivity index (χ1) is 18.2. The van der Waals surface area contributed by atoms with E-state index < -0.39 is 5.54 Å². The van der Waals surface area contributed by atoms with Crippen LogP contribution in [-0.4, -0.2) is 44.2 Å². The van der Waals surface area contributed by atoms with Gasteiger partial charge in [-0.05, 0) is 73.4 Å². The van der Waals surface area contributed by atoms with Gasteiger partial charge in [0.05, 0.1) is 23.9 Å². The van der Waals surface area contributed by atoms with Crippen molar-refractivity contribution >= 4 is 11.8 Å². The number of fused-ring (bicyclic) bond motifs is 2. The molecule has 2 amide bonds. The van der Waals surface area contributed by atoms with Crippen LogP contribution in [0.25, 0.3) is 11.3 Å². The maximum absolute atomic E-state index is 13.3. The molecule has 198 valence electrons. The SMILES string of the molecule is C[C@H](c1ccc(C(=O)NC2(CO)CCCC2)cc1)N1Cc2cc(-c3n[nH]c4c3CC(C)(C)C4)ccc2C1=O. The number of aromatic nitrogens is 2. The van der Waals surface area contributed by atoms with E-state index >= 15 is 0 Å². The van der Waals surface area contributed by atoms with Gasteiger partial charge in [-0.1, -0.05) is 44.9 Å². The molecule has 3 aromatic rings. The maximum atomic E-state index is 13.3. The summed E-state index contributed by atoms with van der Waals surface area (Å²) in [4.78, 5) is 28.1. The summed E-state index contributed by atoms with van der Waals surface area (Å²) in [5, 5.41) is 20.7. The highest BCUT2D eigenvalue weighted by Crippen LogP contribution is 2.41. The number of aliphatic hydroxyl groups is 1. The number of benzene rings is 2. The van der Waals surface area contributed by atoms with Gasteiger partial charge in [-0.3, -0.25) is 14.7 Å². The minimum atomic E-state index is -0.498. The second-order valence-electron chi connectivity index (χ2n) is 12.2. The average molecular weight is 513 g/mol. The number of carbonyl (C=O) groups is 2. The van der Waals surface area contributed by atoms with Crippen molar-refractivity contribution in [2.75, 3.05) is 6.61 Å². The zero-order valence-electron chi connectivity index (χ0n) is 22.4. The fraction of sp³-hybridized carbons (Fsp3) is 0.452. The number of hydrogen-bond donors (Lipinski definition) is 3. The average Bonchev–Trinajstić information content (AvgIpc) is 3.66. The van der Waals surface area contributed by atoms with E-state index in [0.717, 1.165) is 66.5 Å². The number of nitrogens with one attached hydrogen (secondary N) is 2. The Morgan fingerprint density at radius 2 is 1.87 bits per heavy atom. The maximum Gasteiger partial charge on any atom is 0.255 e. The number of aliphatic hydroxyl groups excluding tert-OH is 1. The number of hydrogen-bond acceptors (Lipinski definition) is 4.